The topological polar surface area (TPSA) is 210 Å². The Balaban J connectivity index is 1.41. The molecule has 13 nitrogen and oxygen atoms in total. The molecule has 2 aliphatic heterocycles. The Morgan fingerprint density at radius 1 is 1.32 bits per heavy atom. The molecule has 19 heteroatoms. The molecule has 4 heterocycles. The van der Waals surface area contributed by atoms with Gasteiger partial charge >= 0.3 is 5.97 Å². The first-order valence-corrected chi connectivity index (χ1v) is 15.7. The lowest BCUT2D eigenvalue weighted by Gasteiger charge is -2.49. The van der Waals surface area contributed by atoms with Gasteiger partial charge in [0.05, 0.1) is 0 Å². The molecule has 1 saturated heterocycles. The maximum atomic E-state index is 12.9. The molecule has 2 aromatic rings. The van der Waals surface area contributed by atoms with Crippen LogP contribution in [0.3, 0.4) is 0 Å². The van der Waals surface area contributed by atoms with E-state index in [1.165, 1.54) is 47.0 Å². The predicted molar refractivity (Wildman–Crippen MR) is 150 cm³/mol. The fraction of sp³-hybridized carbons (Fsp3) is 0.316. The summed E-state index contributed by atoms with van der Waals surface area (Å²) in [6.45, 7) is 0.511. The van der Waals surface area contributed by atoms with E-state index in [-0.39, 0.29) is 20.9 Å². The standard InChI is InChI=1S/C19H19ClN8O5S5/c20-13-9(26-18(22)38-13)10(27-33)14(29)25-11-15(30)28-12(17(31)32)7(5-35-16(11)28)36-6-37-8-1-3-23-19(24-8)34-4-2-21/h1,3,11,16,33H,2,4-6,21H2,(H2,22,26)(H,25,29)(H,31,32). The van der Waals surface area contributed by atoms with Gasteiger partial charge in [0.2, 0.25) is 0 Å². The van der Waals surface area contributed by atoms with Crippen LogP contribution in [-0.4, -0.2) is 88.2 Å². The van der Waals surface area contributed by atoms with Gasteiger partial charge in [-0.3, -0.25) is 14.5 Å². The molecule has 202 valence electrons. The second-order valence-electron chi connectivity index (χ2n) is 7.28. The Kier molecular flexibility index (Phi) is 9.66. The summed E-state index contributed by atoms with van der Waals surface area (Å²) < 4.78 is 0.0437. The van der Waals surface area contributed by atoms with E-state index in [2.05, 4.69) is 25.4 Å². The fourth-order valence-electron chi connectivity index (χ4n) is 3.36. The summed E-state index contributed by atoms with van der Waals surface area (Å²) in [7, 11) is 0. The number of carbonyl (C=O) groups is 3. The molecule has 2 amide bonds. The van der Waals surface area contributed by atoms with Gasteiger partial charge in [-0.05, 0) is 6.07 Å². The number of thioether (sulfide) groups is 4. The van der Waals surface area contributed by atoms with E-state index in [4.69, 9.17) is 23.1 Å². The molecule has 2 aromatic heterocycles. The number of carboxylic acids is 1. The lowest BCUT2D eigenvalue weighted by Crippen LogP contribution is -2.71. The lowest BCUT2D eigenvalue weighted by atomic mass is 10.0. The number of aliphatic carboxylic acids is 1. The van der Waals surface area contributed by atoms with Crippen LogP contribution in [0.5, 0.6) is 0 Å². The van der Waals surface area contributed by atoms with Crippen LogP contribution < -0.4 is 16.8 Å². The quantitative estimate of drug-likeness (QED) is 0.0347. The maximum absolute atomic E-state index is 12.9. The van der Waals surface area contributed by atoms with Gasteiger partial charge in [-0.25, -0.2) is 19.7 Å². The zero-order chi connectivity index (χ0) is 27.4. The Morgan fingerprint density at radius 3 is 2.76 bits per heavy atom. The molecule has 0 saturated carbocycles. The third-order valence-electron chi connectivity index (χ3n) is 4.96. The normalized spacial score (nSPS) is 19.3. The number of hydrogen-bond donors (Lipinski definition) is 5. The fourth-order valence-corrected chi connectivity index (χ4v) is 8.60. The van der Waals surface area contributed by atoms with Crippen molar-refractivity contribution >= 4 is 98.6 Å². The number of nitrogens with one attached hydrogen (secondary N) is 1. The largest absolute Gasteiger partial charge is 0.477 e. The van der Waals surface area contributed by atoms with Gasteiger partial charge in [0.1, 0.15) is 32.2 Å². The van der Waals surface area contributed by atoms with Gasteiger partial charge < -0.3 is 27.1 Å². The molecular weight excluding hydrogens is 616 g/mol. The molecule has 0 aromatic carbocycles. The Morgan fingerprint density at radius 2 is 2.11 bits per heavy atom. The predicted octanol–water partition coefficient (Wildman–Crippen LogP) is 1.58. The van der Waals surface area contributed by atoms with Crippen LogP contribution >= 0.6 is 70.0 Å². The number of nitrogens with two attached hydrogens (primary N) is 2. The zero-order valence-electron chi connectivity index (χ0n) is 19.1. The number of β-lactam (4-membered cyclic amide) rings is 1. The summed E-state index contributed by atoms with van der Waals surface area (Å²) in [6, 6.07) is 0.735. The number of nitrogens with zero attached hydrogens (tertiary/aromatic N) is 5. The van der Waals surface area contributed by atoms with Gasteiger partial charge in [-0.1, -0.05) is 51.6 Å². The minimum atomic E-state index is -1.24. The highest BCUT2D eigenvalue weighted by Gasteiger charge is 2.54. The van der Waals surface area contributed by atoms with Crippen molar-refractivity contribution < 1.29 is 24.7 Å². The van der Waals surface area contributed by atoms with Crippen LogP contribution in [0.25, 0.3) is 0 Å². The lowest BCUT2D eigenvalue weighted by molar-refractivity contribution is -0.150. The van der Waals surface area contributed by atoms with E-state index in [1.54, 1.807) is 12.3 Å². The number of rotatable bonds is 11. The number of amides is 2. The average Bonchev–Trinajstić information content (AvgIpc) is 3.23. The van der Waals surface area contributed by atoms with Crippen LogP contribution in [0.2, 0.25) is 4.34 Å². The minimum absolute atomic E-state index is 0.0437. The Hall–Kier alpha value is -2.22. The molecule has 2 atom stereocenters. The second-order valence-corrected chi connectivity index (χ2v) is 13.5. The number of fused-ring (bicyclic) bond motifs is 1. The van der Waals surface area contributed by atoms with Gasteiger partial charge in [-0.15, -0.1) is 23.5 Å². The summed E-state index contributed by atoms with van der Waals surface area (Å²) >= 11 is 12.4. The number of aromatic nitrogens is 3. The first-order valence-electron chi connectivity index (χ1n) is 10.5. The summed E-state index contributed by atoms with van der Waals surface area (Å²) in [6.07, 6.45) is 1.65. The van der Waals surface area contributed by atoms with Crippen LogP contribution in [0.15, 0.2) is 38.2 Å². The van der Waals surface area contributed by atoms with Crippen molar-refractivity contribution in [2.75, 3.05) is 28.9 Å². The molecular formula is C19H19ClN8O5S5. The molecule has 38 heavy (non-hydrogen) atoms. The molecule has 2 aliphatic rings. The summed E-state index contributed by atoms with van der Waals surface area (Å²) in [4.78, 5) is 51.9. The van der Waals surface area contributed by atoms with Crippen LogP contribution in [0, 0.1) is 0 Å². The number of carbonyl (C=O) groups excluding carboxylic acids is 2. The highest BCUT2D eigenvalue weighted by molar-refractivity contribution is 8.18. The van der Waals surface area contributed by atoms with Crippen molar-refractivity contribution in [2.24, 2.45) is 10.9 Å². The second kappa shape index (κ2) is 12.8. The van der Waals surface area contributed by atoms with Crippen molar-refractivity contribution in [3.05, 3.63) is 32.9 Å². The molecule has 0 bridgehead atoms. The van der Waals surface area contributed by atoms with E-state index in [0.717, 1.165) is 21.3 Å². The first-order chi connectivity index (χ1) is 18.2. The number of carboxylic acid groups (broad SMARTS) is 1. The van der Waals surface area contributed by atoms with Gasteiger partial charge in [0, 0.05) is 34.2 Å². The first kappa shape index (κ1) is 28.8. The van der Waals surface area contributed by atoms with Crippen molar-refractivity contribution in [2.45, 2.75) is 21.6 Å². The monoisotopic (exact) mass is 634 g/mol. The van der Waals surface area contributed by atoms with Crippen LogP contribution in [0.4, 0.5) is 5.13 Å². The number of halogens is 1. The van der Waals surface area contributed by atoms with E-state index in [9.17, 15) is 24.7 Å². The summed E-state index contributed by atoms with van der Waals surface area (Å²) in [5.74, 6) is -1.72. The molecule has 0 spiro atoms. The molecule has 0 aliphatic carbocycles. The number of hydrogen-bond acceptors (Lipinski definition) is 15. The third-order valence-corrected chi connectivity index (χ3v) is 10.6. The molecule has 7 N–H and O–H groups in total. The number of anilines is 1. The minimum Gasteiger partial charge on any atom is -0.477 e. The van der Waals surface area contributed by atoms with E-state index >= 15 is 0 Å². The van der Waals surface area contributed by atoms with Gasteiger partial charge in [0.25, 0.3) is 11.8 Å². The number of oxime groups is 1. The molecule has 4 rings (SSSR count). The summed E-state index contributed by atoms with van der Waals surface area (Å²) in [5, 5.41) is 25.9. The van der Waals surface area contributed by atoms with Crippen molar-refractivity contribution in [3.8, 4) is 0 Å². The van der Waals surface area contributed by atoms with Gasteiger partial charge in [0.15, 0.2) is 16.0 Å². The SMILES string of the molecule is NCCSc1nccc(SCSC2=C(C(=O)O)N3C(=O)C(NC(=O)C(=NO)c4nc(N)sc4Cl)C3SC2)n1. The van der Waals surface area contributed by atoms with Crippen LogP contribution in [-0.2, 0) is 14.4 Å². The van der Waals surface area contributed by atoms with E-state index in [0.29, 0.717) is 33.2 Å². The van der Waals surface area contributed by atoms with E-state index < -0.39 is 34.9 Å². The third kappa shape index (κ3) is 6.16. The van der Waals surface area contributed by atoms with Crippen molar-refractivity contribution in [1.82, 2.24) is 25.2 Å². The molecule has 1 fully saturated rings. The smallest absolute Gasteiger partial charge is 0.353 e. The highest BCUT2D eigenvalue weighted by atomic mass is 35.5. The zero-order valence-corrected chi connectivity index (χ0v) is 23.9. The number of thiazole rings is 1. The Bertz CT molecular complexity index is 1320. The Labute approximate surface area is 241 Å². The van der Waals surface area contributed by atoms with Gasteiger partial charge in [-0.2, -0.15) is 0 Å². The van der Waals surface area contributed by atoms with E-state index in [1.807, 2.05) is 0 Å². The van der Waals surface area contributed by atoms with Crippen LogP contribution in [0.1, 0.15) is 5.69 Å². The average molecular weight is 635 g/mol. The van der Waals surface area contributed by atoms with Crippen molar-refractivity contribution in [3.63, 3.8) is 0 Å². The number of nitrogen functional groups attached to an aromatic ring is 1. The maximum Gasteiger partial charge on any atom is 0.353 e. The molecule has 0 radical (unpaired) electrons. The highest BCUT2D eigenvalue weighted by Crippen LogP contribution is 2.44. The van der Waals surface area contributed by atoms with Crippen molar-refractivity contribution in [1.29, 1.82) is 0 Å². The summed E-state index contributed by atoms with van der Waals surface area (Å²) in [5.41, 5.74) is 10.4. The molecule has 2 unspecified atom stereocenters.